The third-order valence-electron chi connectivity index (χ3n) is 3.54. The number of halogens is 2. The molecule has 1 aliphatic rings. The van der Waals surface area contributed by atoms with Crippen molar-refractivity contribution in [2.24, 2.45) is 0 Å². The van der Waals surface area contributed by atoms with Gasteiger partial charge in [0.05, 0.1) is 5.60 Å². The number of nitrogens with zero attached hydrogens (tertiary/aromatic N) is 1. The summed E-state index contributed by atoms with van der Waals surface area (Å²) in [6.07, 6.45) is 0.918. The van der Waals surface area contributed by atoms with Crippen LogP contribution in [0.5, 0.6) is 0 Å². The maximum absolute atomic E-state index is 13.7. The summed E-state index contributed by atoms with van der Waals surface area (Å²) in [4.78, 5) is 2.08. The van der Waals surface area contributed by atoms with Gasteiger partial charge in [-0.25, -0.2) is 4.39 Å². The van der Waals surface area contributed by atoms with E-state index < -0.39 is 5.60 Å². The Labute approximate surface area is 106 Å². The fourth-order valence-corrected chi connectivity index (χ4v) is 2.78. The minimum Gasteiger partial charge on any atom is -0.388 e. The average Bonchev–Trinajstić information content (AvgIpc) is 2.48. The number of β-amino-alcohol motifs (C(OH)–C–C–N with tert-alkyl or cyclic N) is 1. The Hall–Kier alpha value is -0.640. The molecule has 1 fully saturated rings. The molecule has 0 radical (unpaired) electrons. The molecule has 2 unspecified atom stereocenters. The highest BCUT2D eigenvalue weighted by Gasteiger charge is 2.39. The first-order valence-electron chi connectivity index (χ1n) is 5.77. The van der Waals surface area contributed by atoms with E-state index in [0.717, 1.165) is 0 Å². The van der Waals surface area contributed by atoms with Gasteiger partial charge in [0, 0.05) is 29.6 Å². The Kier molecular flexibility index (Phi) is 3.43. The topological polar surface area (TPSA) is 23.5 Å². The van der Waals surface area contributed by atoms with Crippen LogP contribution >= 0.6 is 11.6 Å². The third kappa shape index (κ3) is 2.62. The van der Waals surface area contributed by atoms with E-state index in [1.165, 1.54) is 6.07 Å². The van der Waals surface area contributed by atoms with Crippen LogP contribution in [0.15, 0.2) is 18.2 Å². The van der Waals surface area contributed by atoms with E-state index in [0.29, 0.717) is 29.6 Å². The Morgan fingerprint density at radius 1 is 1.59 bits per heavy atom. The summed E-state index contributed by atoms with van der Waals surface area (Å²) in [6, 6.07) is 4.93. The van der Waals surface area contributed by atoms with Gasteiger partial charge < -0.3 is 10.0 Å². The number of aliphatic hydroxyl groups is 1. The van der Waals surface area contributed by atoms with Gasteiger partial charge in [0.2, 0.25) is 0 Å². The van der Waals surface area contributed by atoms with Crippen LogP contribution in [0.1, 0.15) is 18.9 Å². The monoisotopic (exact) mass is 257 g/mol. The summed E-state index contributed by atoms with van der Waals surface area (Å²) < 4.78 is 13.7. The minimum absolute atomic E-state index is 0.271. The van der Waals surface area contributed by atoms with Crippen molar-refractivity contribution in [3.63, 3.8) is 0 Å². The number of benzene rings is 1. The van der Waals surface area contributed by atoms with Crippen LogP contribution in [0.3, 0.4) is 0 Å². The Bertz CT molecular complexity index is 394. The van der Waals surface area contributed by atoms with Crippen LogP contribution in [-0.2, 0) is 6.42 Å². The molecule has 4 heteroatoms. The molecule has 1 heterocycles. The van der Waals surface area contributed by atoms with Gasteiger partial charge in [-0.2, -0.15) is 0 Å². The van der Waals surface area contributed by atoms with Gasteiger partial charge in [-0.1, -0.05) is 17.7 Å². The fourth-order valence-electron chi connectivity index (χ4n) is 2.55. The summed E-state index contributed by atoms with van der Waals surface area (Å²) >= 11 is 5.98. The van der Waals surface area contributed by atoms with Crippen molar-refractivity contribution in [3.05, 3.63) is 34.6 Å². The maximum atomic E-state index is 13.7. The first-order chi connectivity index (χ1) is 7.91. The molecule has 1 aliphatic heterocycles. The predicted octanol–water partition coefficient (Wildman–Crippen LogP) is 2.48. The fraction of sp³-hybridized carbons (Fsp3) is 0.538. The van der Waals surface area contributed by atoms with Gasteiger partial charge in [0.1, 0.15) is 5.82 Å². The summed E-state index contributed by atoms with van der Waals surface area (Å²) in [5.41, 5.74) is -0.459. The molecule has 0 saturated carbocycles. The van der Waals surface area contributed by atoms with Crippen molar-refractivity contribution in [1.29, 1.82) is 0 Å². The predicted molar refractivity (Wildman–Crippen MR) is 66.8 cm³/mol. The number of hydrogen-bond acceptors (Lipinski definition) is 2. The average molecular weight is 258 g/mol. The van der Waals surface area contributed by atoms with Gasteiger partial charge in [-0.3, -0.25) is 0 Å². The van der Waals surface area contributed by atoms with Crippen LogP contribution < -0.4 is 0 Å². The lowest BCUT2D eigenvalue weighted by molar-refractivity contribution is 0.0512. The van der Waals surface area contributed by atoms with Crippen molar-refractivity contribution in [3.8, 4) is 0 Å². The molecule has 2 nitrogen and oxygen atoms in total. The van der Waals surface area contributed by atoms with Crippen molar-refractivity contribution >= 4 is 11.6 Å². The molecule has 0 amide bonds. The molecule has 1 aromatic rings. The van der Waals surface area contributed by atoms with Gasteiger partial charge in [0.15, 0.2) is 0 Å². The molecule has 94 valence electrons. The van der Waals surface area contributed by atoms with Gasteiger partial charge in [-0.15, -0.1) is 0 Å². The second-order valence-electron chi connectivity index (χ2n) is 5.07. The van der Waals surface area contributed by atoms with Crippen LogP contribution in [-0.4, -0.2) is 35.2 Å². The van der Waals surface area contributed by atoms with E-state index in [1.807, 2.05) is 7.05 Å². The van der Waals surface area contributed by atoms with Crippen LogP contribution in [0, 0.1) is 5.82 Å². The van der Waals surface area contributed by atoms with E-state index in [1.54, 1.807) is 12.1 Å². The van der Waals surface area contributed by atoms with E-state index in [9.17, 15) is 9.50 Å². The van der Waals surface area contributed by atoms with Crippen molar-refractivity contribution in [2.75, 3.05) is 13.6 Å². The molecule has 2 rings (SSSR count). The largest absolute Gasteiger partial charge is 0.388 e. The van der Waals surface area contributed by atoms with Crippen molar-refractivity contribution < 1.29 is 9.50 Å². The molecular weight excluding hydrogens is 241 g/mol. The van der Waals surface area contributed by atoms with Crippen LogP contribution in [0.4, 0.5) is 4.39 Å². The molecule has 1 N–H and O–H groups in total. The molecule has 0 aliphatic carbocycles. The lowest BCUT2D eigenvalue weighted by atomic mass is 9.92. The highest BCUT2D eigenvalue weighted by molar-refractivity contribution is 6.31. The van der Waals surface area contributed by atoms with Gasteiger partial charge >= 0.3 is 0 Å². The molecule has 1 saturated heterocycles. The smallest absolute Gasteiger partial charge is 0.127 e. The Morgan fingerprint density at radius 3 is 2.82 bits per heavy atom. The summed E-state index contributed by atoms with van der Waals surface area (Å²) in [6.45, 7) is 2.61. The zero-order valence-electron chi connectivity index (χ0n) is 10.1. The quantitative estimate of drug-likeness (QED) is 0.880. The van der Waals surface area contributed by atoms with E-state index in [2.05, 4.69) is 11.8 Å². The van der Waals surface area contributed by atoms with Crippen LogP contribution in [0.25, 0.3) is 0 Å². The zero-order valence-corrected chi connectivity index (χ0v) is 10.8. The molecular formula is C13H17ClFNO. The molecule has 17 heavy (non-hydrogen) atoms. The number of hydrogen-bond donors (Lipinski definition) is 1. The molecule has 0 spiro atoms. The SMILES string of the molecule is CC1CC(O)(Cc2c(F)cccc2Cl)CN1C. The standard InChI is InChI=1S/C13H17ClFNO/c1-9-6-13(17,8-16(9)2)7-10-11(14)4-3-5-12(10)15/h3-5,9,17H,6-8H2,1-2H3. The van der Waals surface area contributed by atoms with Crippen molar-refractivity contribution in [1.82, 2.24) is 4.90 Å². The van der Waals surface area contributed by atoms with Crippen LogP contribution in [0.2, 0.25) is 5.02 Å². The molecule has 0 aromatic heterocycles. The summed E-state index contributed by atoms with van der Waals surface area (Å²) in [5.74, 6) is -0.340. The zero-order chi connectivity index (χ0) is 12.6. The van der Waals surface area contributed by atoms with E-state index >= 15 is 0 Å². The number of rotatable bonds is 2. The summed E-state index contributed by atoms with van der Waals surface area (Å²) in [5, 5.41) is 10.9. The lowest BCUT2D eigenvalue weighted by Crippen LogP contribution is -2.34. The lowest BCUT2D eigenvalue weighted by Gasteiger charge is -2.23. The van der Waals surface area contributed by atoms with Gasteiger partial charge in [-0.05, 0) is 32.5 Å². The van der Waals surface area contributed by atoms with E-state index in [4.69, 9.17) is 11.6 Å². The third-order valence-corrected chi connectivity index (χ3v) is 3.89. The first-order valence-corrected chi connectivity index (χ1v) is 6.15. The van der Waals surface area contributed by atoms with E-state index in [-0.39, 0.29) is 12.2 Å². The number of likely N-dealkylation sites (N-methyl/N-ethyl adjacent to an activating group) is 1. The van der Waals surface area contributed by atoms with Gasteiger partial charge in [0.25, 0.3) is 0 Å². The minimum atomic E-state index is -0.875. The number of likely N-dealkylation sites (tertiary alicyclic amines) is 1. The molecule has 0 bridgehead atoms. The first kappa shape index (κ1) is 12.8. The normalized spacial score (nSPS) is 29.8. The van der Waals surface area contributed by atoms with Crippen molar-refractivity contribution in [2.45, 2.75) is 31.4 Å². The highest BCUT2D eigenvalue weighted by Crippen LogP contribution is 2.32. The maximum Gasteiger partial charge on any atom is 0.127 e. The molecule has 2 atom stereocenters. The Balaban J connectivity index is 2.21. The second kappa shape index (κ2) is 4.56. The Morgan fingerprint density at radius 2 is 2.29 bits per heavy atom. The highest BCUT2D eigenvalue weighted by atomic mass is 35.5. The second-order valence-corrected chi connectivity index (χ2v) is 5.48. The molecule has 1 aromatic carbocycles. The summed E-state index contributed by atoms with van der Waals surface area (Å²) in [7, 11) is 1.96.